The highest BCUT2D eigenvalue weighted by Gasteiger charge is 2.17. The van der Waals surface area contributed by atoms with Crippen LogP contribution in [0.25, 0.3) is 17.1 Å². The molecule has 1 N–H and O–H groups in total. The molecular weight excluding hydrogens is 530 g/mol. The third-order valence-electron chi connectivity index (χ3n) is 4.89. The molecule has 0 spiro atoms. The van der Waals surface area contributed by atoms with Crippen molar-refractivity contribution in [3.05, 3.63) is 82.8 Å². The predicted molar refractivity (Wildman–Crippen MR) is 141 cm³/mol. The van der Waals surface area contributed by atoms with E-state index >= 15 is 0 Å². The van der Waals surface area contributed by atoms with Crippen LogP contribution in [0.4, 0.5) is 0 Å². The molecule has 1 heterocycles. The summed E-state index contributed by atoms with van der Waals surface area (Å²) in [6.07, 6.45) is 1.54. The Balaban J connectivity index is 1.46. The molecule has 8 nitrogen and oxygen atoms in total. The van der Waals surface area contributed by atoms with Crippen molar-refractivity contribution in [1.82, 2.24) is 20.2 Å². The smallest absolute Gasteiger partial charge is 0.250 e. The molecule has 4 aromatic rings. The quantitative estimate of drug-likeness (QED) is 0.180. The Labute approximate surface area is 215 Å². The standard InChI is InChI=1S/C25H22BrN5O3S/c1-33-21-13-8-17(14-22(21)34-2)15-27-28-23(32)16-35-25-30-29-24(18-9-11-19(26)12-10-18)31(25)20-6-4-3-5-7-20/h3-15H,16H2,1-2H3,(H,28,32)/b27-15-. The van der Waals surface area contributed by atoms with Gasteiger partial charge < -0.3 is 9.47 Å². The van der Waals surface area contributed by atoms with Crippen molar-refractivity contribution in [2.45, 2.75) is 5.16 Å². The molecular formula is C25H22BrN5O3S. The lowest BCUT2D eigenvalue weighted by atomic mass is 10.2. The lowest BCUT2D eigenvalue weighted by Gasteiger charge is -2.10. The van der Waals surface area contributed by atoms with Gasteiger partial charge in [-0.05, 0) is 48.0 Å². The van der Waals surface area contributed by atoms with Crippen LogP contribution in [0.2, 0.25) is 0 Å². The van der Waals surface area contributed by atoms with Crippen LogP contribution in [0, 0.1) is 0 Å². The Morgan fingerprint density at radius 2 is 1.77 bits per heavy atom. The molecule has 0 atom stereocenters. The van der Waals surface area contributed by atoms with Gasteiger partial charge in [-0.1, -0.05) is 58.0 Å². The van der Waals surface area contributed by atoms with Gasteiger partial charge in [0.2, 0.25) is 0 Å². The van der Waals surface area contributed by atoms with E-state index in [2.05, 4.69) is 36.7 Å². The normalized spacial score (nSPS) is 10.9. The summed E-state index contributed by atoms with van der Waals surface area (Å²) in [7, 11) is 3.14. The van der Waals surface area contributed by atoms with Crippen molar-refractivity contribution in [2.75, 3.05) is 20.0 Å². The van der Waals surface area contributed by atoms with Crippen LogP contribution in [0.3, 0.4) is 0 Å². The van der Waals surface area contributed by atoms with E-state index in [-0.39, 0.29) is 11.7 Å². The number of halogens is 1. The third kappa shape index (κ3) is 6.09. The summed E-state index contributed by atoms with van der Waals surface area (Å²) in [6.45, 7) is 0. The minimum absolute atomic E-state index is 0.120. The van der Waals surface area contributed by atoms with E-state index < -0.39 is 0 Å². The topological polar surface area (TPSA) is 90.6 Å². The van der Waals surface area contributed by atoms with Crippen LogP contribution in [0.5, 0.6) is 11.5 Å². The van der Waals surface area contributed by atoms with Gasteiger partial charge in [-0.25, -0.2) is 5.43 Å². The van der Waals surface area contributed by atoms with E-state index in [0.29, 0.717) is 22.5 Å². The average molecular weight is 552 g/mol. The Kier molecular flexibility index (Phi) is 8.17. The molecule has 1 aromatic heterocycles. The van der Waals surface area contributed by atoms with Gasteiger partial charge in [-0.2, -0.15) is 5.10 Å². The second-order valence-electron chi connectivity index (χ2n) is 7.18. The molecule has 0 bridgehead atoms. The van der Waals surface area contributed by atoms with Crippen molar-refractivity contribution in [1.29, 1.82) is 0 Å². The molecule has 178 valence electrons. The summed E-state index contributed by atoms with van der Waals surface area (Å²) in [4.78, 5) is 12.4. The van der Waals surface area contributed by atoms with Gasteiger partial charge in [0.25, 0.3) is 5.91 Å². The summed E-state index contributed by atoms with van der Waals surface area (Å²) in [5.41, 5.74) is 5.13. The van der Waals surface area contributed by atoms with Crippen molar-refractivity contribution in [2.24, 2.45) is 5.10 Å². The molecule has 10 heteroatoms. The Hall–Kier alpha value is -3.63. The molecule has 0 radical (unpaired) electrons. The number of carbonyl (C=O) groups is 1. The predicted octanol–water partition coefficient (Wildman–Crippen LogP) is 4.96. The number of methoxy groups -OCH3 is 2. The highest BCUT2D eigenvalue weighted by Crippen LogP contribution is 2.29. The number of benzene rings is 3. The maximum Gasteiger partial charge on any atom is 0.250 e. The number of hydrogen-bond donors (Lipinski definition) is 1. The third-order valence-corrected chi connectivity index (χ3v) is 6.35. The number of nitrogens with zero attached hydrogens (tertiary/aromatic N) is 4. The summed E-state index contributed by atoms with van der Waals surface area (Å²) in [5.74, 6) is 1.75. The fourth-order valence-electron chi connectivity index (χ4n) is 3.23. The molecule has 0 aliphatic rings. The molecule has 0 aliphatic heterocycles. The first-order valence-corrected chi connectivity index (χ1v) is 12.3. The highest BCUT2D eigenvalue weighted by atomic mass is 79.9. The number of nitrogens with one attached hydrogen (secondary N) is 1. The van der Waals surface area contributed by atoms with Crippen LogP contribution in [-0.4, -0.2) is 46.9 Å². The van der Waals surface area contributed by atoms with Gasteiger partial charge in [0, 0.05) is 15.7 Å². The molecule has 0 saturated heterocycles. The maximum atomic E-state index is 12.4. The first kappa shape index (κ1) is 24.5. The maximum absolute atomic E-state index is 12.4. The van der Waals surface area contributed by atoms with Gasteiger partial charge in [0.15, 0.2) is 22.5 Å². The second-order valence-corrected chi connectivity index (χ2v) is 9.04. The number of rotatable bonds is 9. The minimum Gasteiger partial charge on any atom is -0.493 e. The molecule has 35 heavy (non-hydrogen) atoms. The first-order chi connectivity index (χ1) is 17.1. The number of para-hydroxylation sites is 1. The summed E-state index contributed by atoms with van der Waals surface area (Å²) < 4.78 is 13.4. The molecule has 0 unspecified atom stereocenters. The number of hydrogen-bond acceptors (Lipinski definition) is 7. The highest BCUT2D eigenvalue weighted by molar-refractivity contribution is 9.10. The monoisotopic (exact) mass is 551 g/mol. The molecule has 0 saturated carbocycles. The van der Waals surface area contributed by atoms with E-state index in [1.807, 2.05) is 65.2 Å². The Bertz CT molecular complexity index is 1330. The minimum atomic E-state index is -0.264. The zero-order valence-corrected chi connectivity index (χ0v) is 21.4. The fraction of sp³-hybridized carbons (Fsp3) is 0.120. The first-order valence-electron chi connectivity index (χ1n) is 10.5. The van der Waals surface area contributed by atoms with Crippen LogP contribution >= 0.6 is 27.7 Å². The number of thioether (sulfide) groups is 1. The van der Waals surface area contributed by atoms with Crippen molar-refractivity contribution >= 4 is 39.8 Å². The fourth-order valence-corrected chi connectivity index (χ4v) is 4.24. The average Bonchev–Trinajstić information content (AvgIpc) is 3.32. The van der Waals surface area contributed by atoms with E-state index in [1.165, 1.54) is 11.8 Å². The lowest BCUT2D eigenvalue weighted by molar-refractivity contribution is -0.118. The zero-order valence-electron chi connectivity index (χ0n) is 19.0. The van der Waals surface area contributed by atoms with Gasteiger partial charge in [0.1, 0.15) is 0 Å². The van der Waals surface area contributed by atoms with E-state index in [4.69, 9.17) is 9.47 Å². The van der Waals surface area contributed by atoms with E-state index in [1.54, 1.807) is 32.6 Å². The van der Waals surface area contributed by atoms with Crippen molar-refractivity contribution in [3.8, 4) is 28.6 Å². The van der Waals surface area contributed by atoms with Gasteiger partial charge in [0.05, 0.1) is 26.2 Å². The molecule has 1 amide bonds. The summed E-state index contributed by atoms with van der Waals surface area (Å²) in [5, 5.41) is 13.4. The van der Waals surface area contributed by atoms with E-state index in [0.717, 1.165) is 21.3 Å². The second kappa shape index (κ2) is 11.7. The zero-order chi connectivity index (χ0) is 24.6. The number of amides is 1. The van der Waals surface area contributed by atoms with Gasteiger partial charge in [-0.3, -0.25) is 9.36 Å². The summed E-state index contributed by atoms with van der Waals surface area (Å²) >= 11 is 4.75. The Morgan fingerprint density at radius 3 is 2.49 bits per heavy atom. The van der Waals surface area contributed by atoms with Gasteiger partial charge >= 0.3 is 0 Å². The Morgan fingerprint density at radius 1 is 1.03 bits per heavy atom. The van der Waals surface area contributed by atoms with Crippen LogP contribution in [0.15, 0.2) is 87.5 Å². The van der Waals surface area contributed by atoms with Crippen LogP contribution in [0.1, 0.15) is 5.56 Å². The number of ether oxygens (including phenoxy) is 2. The van der Waals surface area contributed by atoms with Crippen LogP contribution in [-0.2, 0) is 4.79 Å². The summed E-state index contributed by atoms with van der Waals surface area (Å²) in [6, 6.07) is 23.0. The van der Waals surface area contributed by atoms with Crippen molar-refractivity contribution in [3.63, 3.8) is 0 Å². The molecule has 0 aliphatic carbocycles. The molecule has 3 aromatic carbocycles. The van der Waals surface area contributed by atoms with Gasteiger partial charge in [-0.15, -0.1) is 10.2 Å². The lowest BCUT2D eigenvalue weighted by Crippen LogP contribution is -2.20. The van der Waals surface area contributed by atoms with E-state index in [9.17, 15) is 4.79 Å². The molecule has 4 rings (SSSR count). The van der Waals surface area contributed by atoms with Crippen molar-refractivity contribution < 1.29 is 14.3 Å². The SMILES string of the molecule is COc1ccc(/C=N\NC(=O)CSc2nnc(-c3ccc(Br)cc3)n2-c2ccccc2)cc1OC. The molecule has 0 fully saturated rings. The number of hydrazone groups is 1. The number of aromatic nitrogens is 3. The number of carbonyl (C=O) groups excluding carboxylic acids is 1. The largest absolute Gasteiger partial charge is 0.493 e. The van der Waals surface area contributed by atoms with Crippen LogP contribution < -0.4 is 14.9 Å².